The molecule has 2 heteroatoms. The maximum absolute atomic E-state index is 2.80. The topological polar surface area (TPSA) is 6.48 Å². The van der Waals surface area contributed by atoms with Crippen LogP contribution < -0.4 is 0 Å². The maximum atomic E-state index is 2.80. The summed E-state index contributed by atoms with van der Waals surface area (Å²) in [6, 6.07) is 1.43. The predicted molar refractivity (Wildman–Crippen MR) is 83.5 cm³/mol. The second-order valence-corrected chi connectivity index (χ2v) is 8.85. The van der Waals surface area contributed by atoms with E-state index >= 15 is 0 Å². The van der Waals surface area contributed by atoms with Gasteiger partial charge in [0.1, 0.15) is 0 Å². The van der Waals surface area contributed by atoms with Crippen molar-refractivity contribution >= 4 is 0 Å². The van der Waals surface area contributed by atoms with Crippen LogP contribution in [0.1, 0.15) is 61.3 Å². The second-order valence-electron chi connectivity index (χ2n) is 8.85. The first-order valence-electron chi connectivity index (χ1n) is 8.11. The van der Waals surface area contributed by atoms with Gasteiger partial charge in [0.2, 0.25) is 0 Å². The first kappa shape index (κ1) is 15.3. The van der Waals surface area contributed by atoms with E-state index in [9.17, 15) is 0 Å². The van der Waals surface area contributed by atoms with Gasteiger partial charge in [-0.15, -0.1) is 0 Å². The van der Waals surface area contributed by atoms with Crippen LogP contribution in [0.5, 0.6) is 0 Å². The van der Waals surface area contributed by atoms with E-state index in [-0.39, 0.29) is 5.54 Å². The molecule has 2 nitrogen and oxygen atoms in total. The molecule has 0 aromatic rings. The first-order valence-corrected chi connectivity index (χ1v) is 8.11. The summed E-state index contributed by atoms with van der Waals surface area (Å²) in [4.78, 5) is 5.45. The Hall–Kier alpha value is -0.0800. The highest BCUT2D eigenvalue weighted by Crippen LogP contribution is 2.43. The van der Waals surface area contributed by atoms with Crippen molar-refractivity contribution in [1.82, 2.24) is 9.80 Å². The Balaban J connectivity index is 2.13. The molecule has 3 atom stereocenters. The van der Waals surface area contributed by atoms with E-state index in [1.165, 1.54) is 32.5 Å². The summed E-state index contributed by atoms with van der Waals surface area (Å²) in [5, 5.41) is 0. The number of rotatable bonds is 2. The lowest BCUT2D eigenvalue weighted by molar-refractivity contribution is 0.0250. The molecule has 0 radical (unpaired) electrons. The molecule has 0 bridgehead atoms. The Morgan fingerprint density at radius 3 is 1.89 bits per heavy atom. The summed E-state index contributed by atoms with van der Waals surface area (Å²) in [5.41, 5.74) is 0.659. The number of hydrogen-bond acceptors (Lipinski definition) is 2. The van der Waals surface area contributed by atoms with Crippen LogP contribution in [0, 0.1) is 11.3 Å². The number of hydrogen-bond donors (Lipinski definition) is 0. The Kier molecular flexibility index (Phi) is 4.06. The average molecular weight is 266 g/mol. The van der Waals surface area contributed by atoms with Gasteiger partial charge in [0, 0.05) is 24.2 Å². The van der Waals surface area contributed by atoms with Crippen LogP contribution in [0.3, 0.4) is 0 Å². The molecule has 0 amide bonds. The molecule has 0 aromatic heterocycles. The molecule has 2 aliphatic rings. The van der Waals surface area contributed by atoms with Gasteiger partial charge in [-0.25, -0.2) is 0 Å². The summed E-state index contributed by atoms with van der Waals surface area (Å²) in [6.45, 7) is 20.8. The normalized spacial score (nSPS) is 34.6. The van der Waals surface area contributed by atoms with Gasteiger partial charge in [-0.1, -0.05) is 20.8 Å². The molecule has 112 valence electrons. The van der Waals surface area contributed by atoms with E-state index in [1.54, 1.807) is 0 Å². The van der Waals surface area contributed by atoms with E-state index in [2.05, 4.69) is 58.3 Å². The minimum atomic E-state index is 0.279. The van der Waals surface area contributed by atoms with Gasteiger partial charge in [-0.2, -0.15) is 0 Å². The van der Waals surface area contributed by atoms with Crippen LogP contribution in [0.15, 0.2) is 0 Å². The van der Waals surface area contributed by atoms with Crippen molar-refractivity contribution in [3.05, 3.63) is 0 Å². The molecule has 19 heavy (non-hydrogen) atoms. The molecule has 2 fully saturated rings. The summed E-state index contributed by atoms with van der Waals surface area (Å²) in [5.74, 6) is 0.851. The summed E-state index contributed by atoms with van der Waals surface area (Å²) in [6.07, 6.45) is 2.78. The van der Waals surface area contributed by atoms with E-state index in [1.807, 2.05) is 0 Å². The Bertz CT molecular complexity index is 306. The van der Waals surface area contributed by atoms with Crippen LogP contribution >= 0.6 is 0 Å². The van der Waals surface area contributed by atoms with Crippen molar-refractivity contribution in [3.63, 3.8) is 0 Å². The minimum Gasteiger partial charge on any atom is -0.303 e. The molecule has 2 rings (SSSR count). The third-order valence-electron chi connectivity index (χ3n) is 5.20. The fourth-order valence-corrected chi connectivity index (χ4v) is 4.08. The van der Waals surface area contributed by atoms with Crippen molar-refractivity contribution in [1.29, 1.82) is 0 Å². The van der Waals surface area contributed by atoms with Crippen molar-refractivity contribution in [2.24, 2.45) is 11.3 Å². The van der Waals surface area contributed by atoms with Crippen LogP contribution in [-0.2, 0) is 0 Å². The smallest absolute Gasteiger partial charge is 0.0156 e. The van der Waals surface area contributed by atoms with Gasteiger partial charge in [0.05, 0.1) is 0 Å². The molecule has 2 saturated heterocycles. The van der Waals surface area contributed by atoms with E-state index < -0.39 is 0 Å². The summed E-state index contributed by atoms with van der Waals surface area (Å²) >= 11 is 0. The van der Waals surface area contributed by atoms with Gasteiger partial charge in [0.15, 0.2) is 0 Å². The molecule has 0 N–H and O–H groups in total. The lowest BCUT2D eigenvalue weighted by atomic mass is 9.82. The van der Waals surface area contributed by atoms with Crippen LogP contribution in [0.2, 0.25) is 0 Å². The fraction of sp³-hybridized carbons (Fsp3) is 1.00. The Labute approximate surface area is 120 Å². The zero-order chi connectivity index (χ0) is 14.4. The lowest BCUT2D eigenvalue weighted by Gasteiger charge is -2.45. The van der Waals surface area contributed by atoms with Crippen LogP contribution in [0.4, 0.5) is 0 Å². The molecule has 2 heterocycles. The molecular formula is C17H34N2. The van der Waals surface area contributed by atoms with Crippen LogP contribution in [0.25, 0.3) is 0 Å². The second kappa shape index (κ2) is 5.04. The highest BCUT2D eigenvalue weighted by atomic mass is 15.3. The van der Waals surface area contributed by atoms with Gasteiger partial charge in [0.25, 0.3) is 0 Å². The lowest BCUT2D eigenvalue weighted by Crippen LogP contribution is -2.53. The third-order valence-corrected chi connectivity index (χ3v) is 5.20. The quantitative estimate of drug-likeness (QED) is 0.753. The van der Waals surface area contributed by atoms with Gasteiger partial charge in [-0.05, 0) is 65.0 Å². The highest BCUT2D eigenvalue weighted by Gasteiger charge is 2.48. The molecule has 0 saturated carbocycles. The standard InChI is InChI=1S/C17H34N2/c1-13-14(12-18-9-8-10-18)11-15(16(2,3)4)19(13)17(5,6)7/h13-15H,8-12H2,1-7H3/t13-,14-,15+/m1/s1. The van der Waals surface area contributed by atoms with Crippen molar-refractivity contribution in [2.75, 3.05) is 19.6 Å². The third kappa shape index (κ3) is 3.16. The van der Waals surface area contributed by atoms with Gasteiger partial charge in [-0.3, -0.25) is 4.90 Å². The van der Waals surface area contributed by atoms with Crippen LogP contribution in [-0.4, -0.2) is 47.1 Å². The monoisotopic (exact) mass is 266 g/mol. The summed E-state index contributed by atoms with van der Waals surface area (Å²) in [7, 11) is 0. The Morgan fingerprint density at radius 2 is 1.58 bits per heavy atom. The average Bonchev–Trinajstić information content (AvgIpc) is 2.48. The number of likely N-dealkylation sites (tertiary alicyclic amines) is 2. The number of nitrogens with zero attached hydrogens (tertiary/aromatic N) is 2. The van der Waals surface area contributed by atoms with Gasteiger partial charge >= 0.3 is 0 Å². The summed E-state index contributed by atoms with van der Waals surface area (Å²) < 4.78 is 0. The fourth-order valence-electron chi connectivity index (χ4n) is 4.08. The zero-order valence-corrected chi connectivity index (χ0v) is 14.2. The van der Waals surface area contributed by atoms with E-state index in [0.717, 1.165) is 5.92 Å². The van der Waals surface area contributed by atoms with Crippen molar-refractivity contribution in [3.8, 4) is 0 Å². The zero-order valence-electron chi connectivity index (χ0n) is 14.2. The highest BCUT2D eigenvalue weighted by molar-refractivity contribution is 5.02. The largest absolute Gasteiger partial charge is 0.303 e. The molecule has 0 spiro atoms. The molecule has 0 aliphatic carbocycles. The van der Waals surface area contributed by atoms with E-state index in [4.69, 9.17) is 0 Å². The molecule has 0 unspecified atom stereocenters. The first-order chi connectivity index (χ1) is 8.60. The molecular weight excluding hydrogens is 232 g/mol. The minimum absolute atomic E-state index is 0.279. The van der Waals surface area contributed by atoms with E-state index in [0.29, 0.717) is 17.5 Å². The molecule has 2 aliphatic heterocycles. The van der Waals surface area contributed by atoms with Crippen molar-refractivity contribution < 1.29 is 0 Å². The van der Waals surface area contributed by atoms with Crippen molar-refractivity contribution in [2.45, 2.75) is 78.9 Å². The van der Waals surface area contributed by atoms with Gasteiger partial charge < -0.3 is 4.90 Å². The molecule has 0 aromatic carbocycles. The Morgan fingerprint density at radius 1 is 1.00 bits per heavy atom. The maximum Gasteiger partial charge on any atom is 0.0156 e. The SMILES string of the molecule is C[C@@H]1[C@@H](CN2CCC2)C[C@@H](C(C)(C)C)N1C(C)(C)C. The predicted octanol–water partition coefficient (Wildman–Crippen LogP) is 3.62.